The Kier molecular flexibility index (Phi) is 11.3. The SMILES string of the molecule is CC1(C)c2cc(N(c3ccc4ccc5ccccc5c4c3)c3ccccc3-c3ccccc3)ccc2-c2c(-c3ccccc3)c3ccc(N(c4ccc5ccc6ccccc6c5c4)c4ccccc4-c4ccccc4)cc3c3cccc1c23. The first kappa shape index (κ1) is 48.4. The van der Waals surface area contributed by atoms with Crippen molar-refractivity contribution < 1.29 is 0 Å². The van der Waals surface area contributed by atoms with Gasteiger partial charge in [0.15, 0.2) is 0 Å². The highest BCUT2D eigenvalue weighted by atomic mass is 15.2. The lowest BCUT2D eigenvalue weighted by Crippen LogP contribution is -2.25. The highest BCUT2D eigenvalue weighted by Gasteiger charge is 2.37. The van der Waals surface area contributed by atoms with Crippen LogP contribution in [0.15, 0.2) is 303 Å². The van der Waals surface area contributed by atoms with Gasteiger partial charge < -0.3 is 9.80 Å². The van der Waals surface area contributed by atoms with Gasteiger partial charge in [0.1, 0.15) is 0 Å². The molecule has 0 spiro atoms. The van der Waals surface area contributed by atoms with Crippen LogP contribution in [0.3, 0.4) is 0 Å². The molecule has 83 heavy (non-hydrogen) atoms. The summed E-state index contributed by atoms with van der Waals surface area (Å²) in [6, 6.07) is 113. The number of rotatable bonds is 9. The van der Waals surface area contributed by atoms with Crippen molar-refractivity contribution in [2.75, 3.05) is 9.80 Å². The average molecular weight is 1060 g/mol. The van der Waals surface area contributed by atoms with Gasteiger partial charge in [0.25, 0.3) is 0 Å². The minimum absolute atomic E-state index is 0.393. The maximum Gasteiger partial charge on any atom is 0.0540 e. The summed E-state index contributed by atoms with van der Waals surface area (Å²) in [5.74, 6) is 0. The maximum absolute atomic E-state index is 2.50. The Balaban J connectivity index is 0.941. The quantitative estimate of drug-likeness (QED) is 0.133. The molecule has 0 bridgehead atoms. The van der Waals surface area contributed by atoms with Crippen LogP contribution in [-0.2, 0) is 5.41 Å². The lowest BCUT2D eigenvalue weighted by Gasteiger charge is -2.38. The van der Waals surface area contributed by atoms with Gasteiger partial charge in [-0.15, -0.1) is 0 Å². The van der Waals surface area contributed by atoms with Crippen LogP contribution in [-0.4, -0.2) is 0 Å². The van der Waals surface area contributed by atoms with E-state index in [4.69, 9.17) is 0 Å². The average Bonchev–Trinajstić information content (AvgIpc) is 1.13. The molecule has 2 heteroatoms. The van der Waals surface area contributed by atoms with Gasteiger partial charge in [-0.1, -0.05) is 257 Å². The summed E-state index contributed by atoms with van der Waals surface area (Å²) in [5.41, 5.74) is 18.6. The molecule has 0 saturated carbocycles. The van der Waals surface area contributed by atoms with Crippen molar-refractivity contribution in [3.05, 3.63) is 314 Å². The normalized spacial score (nSPS) is 12.6. The molecule has 15 aromatic carbocycles. The van der Waals surface area contributed by atoms with E-state index in [1.807, 2.05) is 0 Å². The maximum atomic E-state index is 2.50. The van der Waals surface area contributed by atoms with Crippen LogP contribution in [0.1, 0.15) is 25.0 Å². The first-order valence-electron chi connectivity index (χ1n) is 28.9. The van der Waals surface area contributed by atoms with Crippen molar-refractivity contribution in [3.63, 3.8) is 0 Å². The minimum Gasteiger partial charge on any atom is -0.310 e. The molecular formula is C81H56N2. The number of benzene rings is 15. The molecule has 2 nitrogen and oxygen atoms in total. The summed E-state index contributed by atoms with van der Waals surface area (Å²) in [4.78, 5) is 4.98. The molecule has 0 N–H and O–H groups in total. The third kappa shape index (κ3) is 7.86. The Bertz CT molecular complexity index is 5060. The number of hydrogen-bond donors (Lipinski definition) is 0. The minimum atomic E-state index is -0.393. The van der Waals surface area contributed by atoms with E-state index in [0.717, 1.165) is 34.1 Å². The fraction of sp³-hybridized carbons (Fsp3) is 0.0370. The molecule has 16 rings (SSSR count). The number of para-hydroxylation sites is 2. The number of hydrogen-bond acceptors (Lipinski definition) is 2. The van der Waals surface area contributed by atoms with Gasteiger partial charge in [-0.3, -0.25) is 0 Å². The smallest absolute Gasteiger partial charge is 0.0540 e. The summed E-state index contributed by atoms with van der Waals surface area (Å²) in [5, 5.41) is 14.9. The fourth-order valence-corrected chi connectivity index (χ4v) is 13.8. The molecule has 0 fully saturated rings. The van der Waals surface area contributed by atoms with E-state index in [1.54, 1.807) is 0 Å². The summed E-state index contributed by atoms with van der Waals surface area (Å²) < 4.78 is 0. The van der Waals surface area contributed by atoms with Gasteiger partial charge in [-0.25, -0.2) is 0 Å². The molecule has 0 radical (unpaired) electrons. The van der Waals surface area contributed by atoms with Gasteiger partial charge in [0.2, 0.25) is 0 Å². The Morgan fingerprint density at radius 1 is 0.241 bits per heavy atom. The van der Waals surface area contributed by atoms with Crippen LogP contribution < -0.4 is 9.80 Å². The second-order valence-corrected chi connectivity index (χ2v) is 22.8. The number of nitrogens with zero attached hydrogens (tertiary/aromatic N) is 2. The molecule has 1 aliphatic carbocycles. The van der Waals surface area contributed by atoms with Crippen LogP contribution in [0.4, 0.5) is 34.1 Å². The van der Waals surface area contributed by atoms with E-state index < -0.39 is 5.41 Å². The first-order valence-corrected chi connectivity index (χ1v) is 28.9. The van der Waals surface area contributed by atoms with Crippen molar-refractivity contribution in [3.8, 4) is 44.5 Å². The van der Waals surface area contributed by atoms with Crippen LogP contribution in [0.5, 0.6) is 0 Å². The van der Waals surface area contributed by atoms with E-state index in [9.17, 15) is 0 Å². The number of anilines is 6. The molecule has 0 heterocycles. The molecule has 0 aromatic heterocycles. The van der Waals surface area contributed by atoms with Crippen molar-refractivity contribution in [2.45, 2.75) is 19.3 Å². The summed E-state index contributed by atoms with van der Waals surface area (Å²) in [6.45, 7) is 4.87. The Hall–Kier alpha value is -10.5. The van der Waals surface area contributed by atoms with E-state index in [0.29, 0.717) is 0 Å². The molecule has 0 saturated heterocycles. The second-order valence-electron chi connectivity index (χ2n) is 22.8. The molecule has 0 atom stereocenters. The monoisotopic (exact) mass is 1060 g/mol. The lowest BCUT2D eigenvalue weighted by molar-refractivity contribution is 0.645. The largest absolute Gasteiger partial charge is 0.310 e. The van der Waals surface area contributed by atoms with Crippen molar-refractivity contribution in [1.82, 2.24) is 0 Å². The van der Waals surface area contributed by atoms with E-state index in [-0.39, 0.29) is 0 Å². The molecule has 1 aliphatic rings. The summed E-state index contributed by atoms with van der Waals surface area (Å²) in [7, 11) is 0. The lowest BCUT2D eigenvalue weighted by atomic mass is 9.66. The van der Waals surface area contributed by atoms with Crippen LogP contribution in [0.2, 0.25) is 0 Å². The standard InChI is InChI=1S/C81H56N2/c1-81(2)74-34-20-33-68-73-51-62(82(76-35-18-16-31-66(76)53-21-6-3-7-22-53)60-43-41-57-39-37-55-25-12-14-29-64(55)71(57)49-60)45-47-69(73)78(59-27-10-5-11-28-59)80(79(68)74)70-48-46-63(52-75(70)81)83(77-36-19-17-32-67(77)54-23-8-4-9-24-54)61-44-42-58-40-38-56-26-13-15-30-65(56)72(58)50-61/h3-52H,1-2H3. The van der Waals surface area contributed by atoms with E-state index >= 15 is 0 Å². The zero-order valence-electron chi connectivity index (χ0n) is 46.3. The van der Waals surface area contributed by atoms with Crippen molar-refractivity contribution >= 4 is 98.8 Å². The van der Waals surface area contributed by atoms with Crippen LogP contribution >= 0.6 is 0 Å². The van der Waals surface area contributed by atoms with Gasteiger partial charge in [-0.2, -0.15) is 0 Å². The zero-order valence-corrected chi connectivity index (χ0v) is 46.3. The Morgan fingerprint density at radius 2 is 0.651 bits per heavy atom. The van der Waals surface area contributed by atoms with Gasteiger partial charge >= 0.3 is 0 Å². The van der Waals surface area contributed by atoms with Gasteiger partial charge in [0, 0.05) is 39.3 Å². The fourth-order valence-electron chi connectivity index (χ4n) is 13.8. The molecule has 0 unspecified atom stereocenters. The Morgan fingerprint density at radius 3 is 1.20 bits per heavy atom. The first-order chi connectivity index (χ1) is 40.9. The van der Waals surface area contributed by atoms with Gasteiger partial charge in [0.05, 0.1) is 11.4 Å². The highest BCUT2D eigenvalue weighted by Crippen LogP contribution is 2.57. The molecular weight excluding hydrogens is 1000 g/mol. The second kappa shape index (κ2) is 19.3. The Labute approximate surface area is 484 Å². The van der Waals surface area contributed by atoms with E-state index in [2.05, 4.69) is 327 Å². The predicted octanol–water partition coefficient (Wildman–Crippen LogP) is 22.9. The summed E-state index contributed by atoms with van der Waals surface area (Å²) in [6.07, 6.45) is 0. The third-order valence-electron chi connectivity index (χ3n) is 17.8. The highest BCUT2D eigenvalue weighted by molar-refractivity contribution is 6.25. The predicted molar refractivity (Wildman–Crippen MR) is 355 cm³/mol. The summed E-state index contributed by atoms with van der Waals surface area (Å²) >= 11 is 0. The zero-order chi connectivity index (χ0) is 55.2. The van der Waals surface area contributed by atoms with Crippen molar-refractivity contribution in [2.24, 2.45) is 0 Å². The molecule has 390 valence electrons. The third-order valence-corrected chi connectivity index (χ3v) is 17.8. The topological polar surface area (TPSA) is 6.48 Å². The van der Waals surface area contributed by atoms with Crippen molar-refractivity contribution in [1.29, 1.82) is 0 Å². The molecule has 0 aliphatic heterocycles. The van der Waals surface area contributed by atoms with Crippen LogP contribution in [0, 0.1) is 0 Å². The molecule has 15 aromatic rings. The number of fused-ring (bicyclic) bond motifs is 10. The van der Waals surface area contributed by atoms with Crippen LogP contribution in [0.25, 0.3) is 109 Å². The van der Waals surface area contributed by atoms with E-state index in [1.165, 1.54) is 120 Å². The molecule has 0 amide bonds. The van der Waals surface area contributed by atoms with Gasteiger partial charge in [-0.05, 0) is 170 Å².